The summed E-state index contributed by atoms with van der Waals surface area (Å²) in [5.41, 5.74) is 1.48. The standard InChI is InChI=1S/C29H41ClN4O6.C27H39N3O4.ClH/c1-6-25(35)31-12-14-33-23-16-22(19(4)15-24(23)40-29(27(33)37)10-8-11-29)26(36)34(18(2)3)21-9-7-13-32(17-21)28(38)39-20(5)30;1-5-24(31)28-14-15-29-22-17-21(25(32)30(18(2)3)20-10-7-6-8-11-20)19(4)16-23(22)34-27(26(29)33)12-9-13-27;/h15-16,18,20-21H,6-14,17H2,1-5H3,(H,31,35);16-18,20H,5-15H2,1-4H3,(H,28,31);1H/t20?,21-;;/m1../s1. The van der Waals surface area contributed by atoms with E-state index in [1.807, 2.05) is 55.7 Å². The van der Waals surface area contributed by atoms with Gasteiger partial charge in [-0.2, -0.15) is 0 Å². The average Bonchev–Trinajstić information content (AvgIpc) is 3.33. The van der Waals surface area contributed by atoms with Crippen LogP contribution in [0.4, 0.5) is 16.2 Å². The minimum atomic E-state index is -0.871. The summed E-state index contributed by atoms with van der Waals surface area (Å²) in [6, 6.07) is 7.38. The summed E-state index contributed by atoms with van der Waals surface area (Å²) in [5, 5.41) is 5.72. The molecular formula is C56H81Cl2N7O10. The highest BCUT2D eigenvalue weighted by molar-refractivity contribution is 6.20. The van der Waals surface area contributed by atoms with Crippen molar-refractivity contribution in [1.29, 1.82) is 0 Å². The molecule has 75 heavy (non-hydrogen) atoms. The molecule has 3 heterocycles. The normalized spacial score (nSPS) is 19.7. The molecule has 1 saturated heterocycles. The van der Waals surface area contributed by atoms with Crippen molar-refractivity contribution in [2.75, 3.05) is 49.1 Å². The van der Waals surface area contributed by atoms with Gasteiger partial charge in [0.25, 0.3) is 23.6 Å². The Morgan fingerprint density at radius 1 is 0.667 bits per heavy atom. The second kappa shape index (κ2) is 25.2. The zero-order chi connectivity index (χ0) is 53.6. The molecule has 2 aromatic carbocycles. The molecule has 0 radical (unpaired) electrons. The summed E-state index contributed by atoms with van der Waals surface area (Å²) in [5.74, 6) is 0.769. The number of nitrogens with zero attached hydrogens (tertiary/aromatic N) is 5. The quantitative estimate of drug-likeness (QED) is 0.163. The largest absolute Gasteiger partial charge is 0.475 e. The Balaban J connectivity index is 0.000000244. The lowest BCUT2D eigenvalue weighted by atomic mass is 9.77. The van der Waals surface area contributed by atoms with Gasteiger partial charge in [0.05, 0.1) is 17.4 Å². The van der Waals surface area contributed by atoms with Crippen LogP contribution in [0.15, 0.2) is 24.3 Å². The smallest absolute Gasteiger partial charge is 0.411 e. The number of nitrogens with one attached hydrogen (secondary N) is 2. The molecule has 19 heteroatoms. The Hall–Kier alpha value is -5.29. The molecular weight excluding hydrogens is 1000 g/mol. The monoisotopic (exact) mass is 1080 g/mol. The first-order valence-corrected chi connectivity index (χ1v) is 27.8. The molecule has 3 aliphatic carbocycles. The molecule has 1 unspecified atom stereocenters. The molecule has 414 valence electrons. The van der Waals surface area contributed by atoms with E-state index in [-0.39, 0.29) is 78.6 Å². The summed E-state index contributed by atoms with van der Waals surface area (Å²) < 4.78 is 17.8. The minimum absolute atomic E-state index is 0. The number of hydrogen-bond donors (Lipinski definition) is 2. The van der Waals surface area contributed by atoms with Gasteiger partial charge in [-0.3, -0.25) is 28.8 Å². The Kier molecular flexibility index (Phi) is 19.8. The zero-order valence-corrected chi connectivity index (χ0v) is 47.2. The summed E-state index contributed by atoms with van der Waals surface area (Å²) in [4.78, 5) is 100. The van der Waals surface area contributed by atoms with Gasteiger partial charge in [-0.05, 0) is 148 Å². The van der Waals surface area contributed by atoms with Gasteiger partial charge in [0.1, 0.15) is 11.5 Å². The van der Waals surface area contributed by atoms with Crippen molar-refractivity contribution < 1.29 is 47.8 Å². The first-order valence-electron chi connectivity index (χ1n) is 27.3. The van der Waals surface area contributed by atoms with Crippen molar-refractivity contribution in [1.82, 2.24) is 25.3 Å². The molecule has 2 spiro atoms. The number of anilines is 2. The molecule has 3 aliphatic heterocycles. The number of likely N-dealkylation sites (tertiary alicyclic amines) is 1. The van der Waals surface area contributed by atoms with Gasteiger partial charge in [0.2, 0.25) is 11.8 Å². The number of carbonyl (C=O) groups is 7. The van der Waals surface area contributed by atoms with Gasteiger partial charge >= 0.3 is 6.09 Å². The van der Waals surface area contributed by atoms with Crippen molar-refractivity contribution in [3.05, 3.63) is 46.5 Å². The zero-order valence-electron chi connectivity index (χ0n) is 45.7. The second-order valence-corrected chi connectivity index (χ2v) is 22.2. The number of piperidine rings is 1. The van der Waals surface area contributed by atoms with E-state index in [9.17, 15) is 33.6 Å². The molecule has 2 aromatic rings. The highest BCUT2D eigenvalue weighted by atomic mass is 35.5. The third-order valence-corrected chi connectivity index (χ3v) is 15.8. The van der Waals surface area contributed by atoms with Crippen LogP contribution in [0.25, 0.3) is 0 Å². The Bertz CT molecular complexity index is 2440. The van der Waals surface area contributed by atoms with Crippen LogP contribution in [0.3, 0.4) is 0 Å². The van der Waals surface area contributed by atoms with E-state index in [0.29, 0.717) is 105 Å². The number of benzene rings is 2. The molecule has 3 saturated carbocycles. The lowest BCUT2D eigenvalue weighted by Crippen LogP contribution is -2.61. The van der Waals surface area contributed by atoms with E-state index >= 15 is 0 Å². The first kappa shape index (κ1) is 59.0. The van der Waals surface area contributed by atoms with Gasteiger partial charge in [-0.15, -0.1) is 12.4 Å². The van der Waals surface area contributed by atoms with E-state index in [4.69, 9.17) is 25.8 Å². The van der Waals surface area contributed by atoms with Crippen LogP contribution in [0.5, 0.6) is 11.5 Å². The number of fused-ring (bicyclic) bond motifs is 2. The number of rotatable bonds is 15. The maximum atomic E-state index is 14.1. The van der Waals surface area contributed by atoms with Crippen LogP contribution in [0.2, 0.25) is 0 Å². The summed E-state index contributed by atoms with van der Waals surface area (Å²) in [7, 11) is 0. The van der Waals surface area contributed by atoms with Crippen molar-refractivity contribution in [2.45, 2.75) is 200 Å². The van der Waals surface area contributed by atoms with Gasteiger partial charge in [-0.25, -0.2) is 4.79 Å². The Morgan fingerprint density at radius 2 is 1.09 bits per heavy atom. The van der Waals surface area contributed by atoms with E-state index in [1.165, 1.54) is 6.42 Å². The number of amides is 7. The summed E-state index contributed by atoms with van der Waals surface area (Å²) in [6.45, 7) is 19.3. The molecule has 0 bridgehead atoms. The molecule has 0 aromatic heterocycles. The van der Waals surface area contributed by atoms with Crippen molar-refractivity contribution in [3.63, 3.8) is 0 Å². The SMILES string of the molecule is CCC(=O)NCCN1C(=O)C2(CCC2)Oc2cc(C)c(C(=O)N(C(C)C)C3CCCCC3)cc21.CCC(=O)NCCN1C(=O)C2(CCC2)Oc2cc(C)c(C(=O)N(C(C)C)[C@@H]3CCCN(C(=O)OC(C)Cl)C3)cc21.Cl. The number of aryl methyl sites for hydroxylation is 2. The molecule has 4 fully saturated rings. The van der Waals surface area contributed by atoms with Gasteiger partial charge in [0.15, 0.2) is 16.8 Å². The number of carbonyl (C=O) groups excluding carboxylic acids is 7. The predicted octanol–water partition coefficient (Wildman–Crippen LogP) is 8.98. The fraction of sp³-hybridized carbons (Fsp3) is 0.661. The Morgan fingerprint density at radius 3 is 1.48 bits per heavy atom. The number of alkyl halides is 1. The highest BCUT2D eigenvalue weighted by Gasteiger charge is 2.54. The molecule has 7 amide bonds. The van der Waals surface area contributed by atoms with Crippen LogP contribution < -0.4 is 29.9 Å². The predicted molar refractivity (Wildman–Crippen MR) is 291 cm³/mol. The maximum Gasteiger partial charge on any atom is 0.411 e. The topological polar surface area (TPSA) is 187 Å². The lowest BCUT2D eigenvalue weighted by molar-refractivity contribution is -0.143. The fourth-order valence-corrected chi connectivity index (χ4v) is 11.5. The van der Waals surface area contributed by atoms with Crippen molar-refractivity contribution >= 4 is 76.9 Å². The highest BCUT2D eigenvalue weighted by Crippen LogP contribution is 2.49. The second-order valence-electron chi connectivity index (χ2n) is 21.6. The van der Waals surface area contributed by atoms with Crippen LogP contribution in [0.1, 0.15) is 177 Å². The van der Waals surface area contributed by atoms with Crippen molar-refractivity contribution in [3.8, 4) is 11.5 Å². The third-order valence-electron chi connectivity index (χ3n) is 15.7. The van der Waals surface area contributed by atoms with E-state index < -0.39 is 22.9 Å². The number of halogens is 2. The lowest BCUT2D eigenvalue weighted by Gasteiger charge is -2.47. The first-order chi connectivity index (χ1) is 35.2. The summed E-state index contributed by atoms with van der Waals surface area (Å²) >= 11 is 5.86. The summed E-state index contributed by atoms with van der Waals surface area (Å²) in [6.07, 6.45) is 12.0. The van der Waals surface area contributed by atoms with Gasteiger partial charge in [-0.1, -0.05) is 44.7 Å². The molecule has 17 nitrogen and oxygen atoms in total. The molecule has 2 N–H and O–H groups in total. The van der Waals surface area contributed by atoms with Crippen LogP contribution in [-0.2, 0) is 23.9 Å². The van der Waals surface area contributed by atoms with Crippen molar-refractivity contribution in [2.24, 2.45) is 0 Å². The third kappa shape index (κ3) is 12.8. The number of ether oxygens (including phenoxy) is 3. The van der Waals surface area contributed by atoms with Gasteiger partial charge in [0, 0.05) is 81.4 Å². The van der Waals surface area contributed by atoms with E-state index in [0.717, 1.165) is 62.5 Å². The average molecular weight is 1080 g/mol. The Labute approximate surface area is 454 Å². The minimum Gasteiger partial charge on any atom is -0.475 e. The van der Waals surface area contributed by atoms with E-state index in [1.54, 1.807) is 41.5 Å². The fourth-order valence-electron chi connectivity index (χ4n) is 11.4. The molecule has 8 rings (SSSR count). The molecule has 2 atom stereocenters. The van der Waals surface area contributed by atoms with Crippen LogP contribution >= 0.6 is 24.0 Å². The van der Waals surface area contributed by atoms with Gasteiger partial charge < -0.3 is 49.3 Å². The van der Waals surface area contributed by atoms with Crippen LogP contribution in [-0.4, -0.2) is 136 Å². The van der Waals surface area contributed by atoms with E-state index in [2.05, 4.69) is 24.5 Å². The maximum absolute atomic E-state index is 14.1. The number of hydrogen-bond acceptors (Lipinski definition) is 10. The molecule has 6 aliphatic rings. The van der Waals surface area contributed by atoms with Crippen LogP contribution in [0, 0.1) is 13.8 Å².